The SMILES string of the molecule is O=C(Nc1cnc(-n2cccn2)nc1)c1ccccc1Br. The van der Waals surface area contributed by atoms with Crippen molar-refractivity contribution in [3.63, 3.8) is 0 Å². The number of hydrogen-bond donors (Lipinski definition) is 1. The first-order chi connectivity index (χ1) is 10.2. The molecule has 21 heavy (non-hydrogen) atoms. The van der Waals surface area contributed by atoms with Gasteiger partial charge in [-0.05, 0) is 34.1 Å². The summed E-state index contributed by atoms with van der Waals surface area (Å²) in [6.07, 6.45) is 6.47. The lowest BCUT2D eigenvalue weighted by molar-refractivity contribution is 0.102. The molecule has 2 heterocycles. The highest BCUT2D eigenvalue weighted by Gasteiger charge is 2.10. The van der Waals surface area contributed by atoms with Crippen molar-refractivity contribution in [1.29, 1.82) is 0 Å². The van der Waals surface area contributed by atoms with E-state index in [2.05, 4.69) is 36.3 Å². The molecule has 0 aliphatic carbocycles. The molecule has 0 aliphatic rings. The van der Waals surface area contributed by atoms with Crippen molar-refractivity contribution in [2.45, 2.75) is 0 Å². The number of halogens is 1. The van der Waals surface area contributed by atoms with Crippen molar-refractivity contribution in [2.24, 2.45) is 0 Å². The fourth-order valence-electron chi connectivity index (χ4n) is 1.73. The second-order valence-electron chi connectivity index (χ2n) is 4.16. The molecule has 0 unspecified atom stereocenters. The van der Waals surface area contributed by atoms with Crippen molar-refractivity contribution in [1.82, 2.24) is 19.7 Å². The Bertz CT molecular complexity index is 755. The van der Waals surface area contributed by atoms with Crippen LogP contribution in [0.15, 0.2) is 59.6 Å². The average Bonchev–Trinajstić information content (AvgIpc) is 3.02. The summed E-state index contributed by atoms with van der Waals surface area (Å²) in [4.78, 5) is 20.4. The van der Waals surface area contributed by atoms with Crippen LogP contribution in [0.5, 0.6) is 0 Å². The molecule has 3 rings (SSSR count). The third kappa shape index (κ3) is 2.97. The predicted octanol–water partition coefficient (Wildman–Crippen LogP) is 2.68. The molecule has 0 fully saturated rings. The summed E-state index contributed by atoms with van der Waals surface area (Å²) in [6, 6.07) is 8.98. The van der Waals surface area contributed by atoms with E-state index in [0.29, 0.717) is 17.2 Å². The second-order valence-corrected chi connectivity index (χ2v) is 5.01. The lowest BCUT2D eigenvalue weighted by Crippen LogP contribution is -2.13. The van der Waals surface area contributed by atoms with E-state index in [-0.39, 0.29) is 5.91 Å². The van der Waals surface area contributed by atoms with Crippen molar-refractivity contribution < 1.29 is 4.79 Å². The van der Waals surface area contributed by atoms with E-state index in [4.69, 9.17) is 0 Å². The Morgan fingerprint density at radius 2 is 1.90 bits per heavy atom. The number of rotatable bonds is 3. The predicted molar refractivity (Wildman–Crippen MR) is 81.2 cm³/mol. The van der Waals surface area contributed by atoms with Gasteiger partial charge in [0.15, 0.2) is 0 Å². The first kappa shape index (κ1) is 13.4. The zero-order valence-corrected chi connectivity index (χ0v) is 12.4. The minimum absolute atomic E-state index is 0.224. The standard InChI is InChI=1S/C14H10BrN5O/c15-12-5-2-1-4-11(12)13(21)19-10-8-16-14(17-9-10)20-7-3-6-18-20/h1-9H,(H,19,21). The summed E-state index contributed by atoms with van der Waals surface area (Å²) in [5.41, 5.74) is 1.07. The Kier molecular flexibility index (Phi) is 3.74. The Balaban J connectivity index is 1.77. The quantitative estimate of drug-likeness (QED) is 0.793. The van der Waals surface area contributed by atoms with Gasteiger partial charge in [0, 0.05) is 16.9 Å². The van der Waals surface area contributed by atoms with Gasteiger partial charge in [0.1, 0.15) is 0 Å². The number of hydrogen-bond acceptors (Lipinski definition) is 4. The number of benzene rings is 1. The molecule has 3 aromatic rings. The fourth-order valence-corrected chi connectivity index (χ4v) is 2.20. The average molecular weight is 344 g/mol. The van der Waals surface area contributed by atoms with Crippen LogP contribution in [0.4, 0.5) is 5.69 Å². The van der Waals surface area contributed by atoms with Gasteiger partial charge in [-0.15, -0.1) is 0 Å². The maximum Gasteiger partial charge on any atom is 0.256 e. The van der Waals surface area contributed by atoms with E-state index in [9.17, 15) is 4.79 Å². The largest absolute Gasteiger partial charge is 0.319 e. The fraction of sp³-hybridized carbons (Fsp3) is 0. The Morgan fingerprint density at radius 1 is 1.14 bits per heavy atom. The first-order valence-corrected chi connectivity index (χ1v) is 6.91. The smallest absolute Gasteiger partial charge is 0.256 e. The normalized spacial score (nSPS) is 10.3. The van der Waals surface area contributed by atoms with Crippen LogP contribution in [0.1, 0.15) is 10.4 Å². The molecule has 0 radical (unpaired) electrons. The minimum Gasteiger partial charge on any atom is -0.319 e. The summed E-state index contributed by atoms with van der Waals surface area (Å²) in [7, 11) is 0. The van der Waals surface area contributed by atoms with E-state index >= 15 is 0 Å². The third-order valence-electron chi connectivity index (χ3n) is 2.72. The van der Waals surface area contributed by atoms with Crippen LogP contribution in [0.2, 0.25) is 0 Å². The molecule has 1 N–H and O–H groups in total. The first-order valence-electron chi connectivity index (χ1n) is 6.12. The Hall–Kier alpha value is -2.54. The molecule has 0 saturated carbocycles. The van der Waals surface area contributed by atoms with Gasteiger partial charge in [0.2, 0.25) is 0 Å². The number of anilines is 1. The summed E-state index contributed by atoms with van der Waals surface area (Å²) in [5, 5.41) is 6.78. The van der Waals surface area contributed by atoms with E-state index in [1.54, 1.807) is 47.7 Å². The molecule has 104 valence electrons. The number of aromatic nitrogens is 4. The van der Waals surface area contributed by atoms with Gasteiger partial charge in [-0.2, -0.15) is 5.10 Å². The van der Waals surface area contributed by atoms with E-state index in [1.165, 1.54) is 0 Å². The maximum atomic E-state index is 12.1. The highest BCUT2D eigenvalue weighted by molar-refractivity contribution is 9.10. The van der Waals surface area contributed by atoms with Gasteiger partial charge in [0.25, 0.3) is 11.9 Å². The molecule has 2 aromatic heterocycles. The molecular weight excluding hydrogens is 334 g/mol. The van der Waals surface area contributed by atoms with Crippen LogP contribution in [0.25, 0.3) is 5.95 Å². The number of amides is 1. The van der Waals surface area contributed by atoms with E-state index < -0.39 is 0 Å². The van der Waals surface area contributed by atoms with Crippen molar-refractivity contribution in [3.8, 4) is 5.95 Å². The van der Waals surface area contributed by atoms with E-state index in [0.717, 1.165) is 4.47 Å². The third-order valence-corrected chi connectivity index (χ3v) is 3.42. The van der Waals surface area contributed by atoms with Crippen LogP contribution in [0.3, 0.4) is 0 Å². The van der Waals surface area contributed by atoms with Gasteiger partial charge >= 0.3 is 0 Å². The number of nitrogens with one attached hydrogen (secondary N) is 1. The van der Waals surface area contributed by atoms with Crippen LogP contribution in [-0.2, 0) is 0 Å². The van der Waals surface area contributed by atoms with E-state index in [1.807, 2.05) is 12.1 Å². The summed E-state index contributed by atoms with van der Waals surface area (Å²) >= 11 is 3.34. The molecule has 1 aromatic carbocycles. The zero-order chi connectivity index (χ0) is 14.7. The van der Waals surface area contributed by atoms with Crippen LogP contribution in [-0.4, -0.2) is 25.7 Å². The minimum atomic E-state index is -0.224. The zero-order valence-electron chi connectivity index (χ0n) is 10.8. The summed E-state index contributed by atoms with van der Waals surface area (Å²) in [6.45, 7) is 0. The highest BCUT2D eigenvalue weighted by Crippen LogP contribution is 2.17. The van der Waals surface area contributed by atoms with Gasteiger partial charge in [-0.25, -0.2) is 14.6 Å². The molecule has 1 amide bonds. The summed E-state index contributed by atoms with van der Waals surface area (Å²) in [5.74, 6) is 0.219. The molecular formula is C14H10BrN5O. The molecule has 6 nitrogen and oxygen atoms in total. The van der Waals surface area contributed by atoms with Crippen LogP contribution in [0, 0.1) is 0 Å². The lowest BCUT2D eigenvalue weighted by Gasteiger charge is -2.06. The van der Waals surface area contributed by atoms with Crippen LogP contribution < -0.4 is 5.32 Å². The topological polar surface area (TPSA) is 72.7 Å². The maximum absolute atomic E-state index is 12.1. The molecule has 7 heteroatoms. The molecule has 0 atom stereocenters. The number of carbonyl (C=O) groups excluding carboxylic acids is 1. The molecule has 0 saturated heterocycles. The van der Waals surface area contributed by atoms with Gasteiger partial charge in [-0.1, -0.05) is 12.1 Å². The Labute approximate surface area is 129 Å². The lowest BCUT2D eigenvalue weighted by atomic mass is 10.2. The molecule has 0 spiro atoms. The van der Waals surface area contributed by atoms with Gasteiger partial charge < -0.3 is 5.32 Å². The van der Waals surface area contributed by atoms with Crippen molar-refractivity contribution >= 4 is 27.5 Å². The Morgan fingerprint density at radius 3 is 2.57 bits per heavy atom. The number of carbonyl (C=O) groups is 1. The van der Waals surface area contributed by atoms with Crippen molar-refractivity contribution in [3.05, 3.63) is 65.2 Å². The van der Waals surface area contributed by atoms with Gasteiger partial charge in [-0.3, -0.25) is 4.79 Å². The van der Waals surface area contributed by atoms with Gasteiger partial charge in [0.05, 0.1) is 23.6 Å². The van der Waals surface area contributed by atoms with Crippen LogP contribution >= 0.6 is 15.9 Å². The highest BCUT2D eigenvalue weighted by atomic mass is 79.9. The monoisotopic (exact) mass is 343 g/mol. The second kappa shape index (κ2) is 5.84. The number of nitrogens with zero attached hydrogens (tertiary/aromatic N) is 4. The van der Waals surface area contributed by atoms with Crippen molar-refractivity contribution in [2.75, 3.05) is 5.32 Å². The molecule has 0 aliphatic heterocycles. The molecule has 0 bridgehead atoms. The summed E-state index contributed by atoms with van der Waals surface area (Å²) < 4.78 is 2.27.